The van der Waals surface area contributed by atoms with Gasteiger partial charge >= 0.3 is 5.95 Å². The standard InChI is InChI=1S/C16H28N6O4/c1-12(23)15(2,3)19-20(6)9-8-18-16(4,5)13(24)11-21-10-7-17-14(21)22(25)26/h7,10,18-19H,8-9,11H2,1-6H3. The van der Waals surface area contributed by atoms with Gasteiger partial charge in [0.1, 0.15) is 18.9 Å². The van der Waals surface area contributed by atoms with Crippen LogP contribution in [-0.4, -0.2) is 62.3 Å². The van der Waals surface area contributed by atoms with E-state index in [1.54, 1.807) is 32.7 Å². The molecule has 0 saturated heterocycles. The van der Waals surface area contributed by atoms with Crippen molar-refractivity contribution >= 4 is 17.5 Å². The predicted octanol–water partition coefficient (Wildman–Crippen LogP) is 0.533. The molecule has 146 valence electrons. The van der Waals surface area contributed by atoms with Crippen LogP contribution in [0.15, 0.2) is 12.4 Å². The van der Waals surface area contributed by atoms with Gasteiger partial charge in [-0.2, -0.15) is 0 Å². The van der Waals surface area contributed by atoms with Gasteiger partial charge in [-0.3, -0.25) is 9.59 Å². The van der Waals surface area contributed by atoms with Crippen molar-refractivity contribution in [1.82, 2.24) is 25.3 Å². The van der Waals surface area contributed by atoms with Crippen LogP contribution in [-0.2, 0) is 16.1 Å². The van der Waals surface area contributed by atoms with E-state index in [0.29, 0.717) is 13.1 Å². The zero-order chi connectivity index (χ0) is 20.1. The Labute approximate surface area is 153 Å². The first-order valence-electron chi connectivity index (χ1n) is 8.30. The zero-order valence-corrected chi connectivity index (χ0v) is 16.2. The smallest absolute Gasteiger partial charge is 0.390 e. The van der Waals surface area contributed by atoms with E-state index in [-0.39, 0.29) is 24.1 Å². The fourth-order valence-corrected chi connectivity index (χ4v) is 2.20. The Hall–Kier alpha value is -2.17. The third kappa shape index (κ3) is 5.97. The number of Topliss-reactive ketones (excluding diaryl/α,β-unsaturated/α-hetero) is 2. The Kier molecular flexibility index (Phi) is 7.13. The first-order chi connectivity index (χ1) is 11.9. The molecule has 0 amide bonds. The van der Waals surface area contributed by atoms with Crippen molar-refractivity contribution < 1.29 is 14.5 Å². The summed E-state index contributed by atoms with van der Waals surface area (Å²) in [6, 6.07) is 0. The van der Waals surface area contributed by atoms with Gasteiger partial charge in [0.05, 0.1) is 11.1 Å². The molecule has 0 atom stereocenters. The molecule has 0 aliphatic rings. The lowest BCUT2D eigenvalue weighted by Crippen LogP contribution is -2.56. The Morgan fingerprint density at radius 3 is 2.46 bits per heavy atom. The monoisotopic (exact) mass is 368 g/mol. The summed E-state index contributed by atoms with van der Waals surface area (Å²) in [5.74, 6) is -0.530. The van der Waals surface area contributed by atoms with Crippen LogP contribution in [0.5, 0.6) is 0 Å². The lowest BCUT2D eigenvalue weighted by atomic mass is 9.99. The minimum atomic E-state index is -0.866. The quantitative estimate of drug-likeness (QED) is 0.428. The third-order valence-corrected chi connectivity index (χ3v) is 4.23. The number of hydrazine groups is 1. The number of rotatable bonds is 11. The zero-order valence-electron chi connectivity index (χ0n) is 16.2. The van der Waals surface area contributed by atoms with Gasteiger partial charge in [0.2, 0.25) is 0 Å². The van der Waals surface area contributed by atoms with Crippen LogP contribution < -0.4 is 10.7 Å². The highest BCUT2D eigenvalue weighted by atomic mass is 16.6. The first-order valence-corrected chi connectivity index (χ1v) is 8.30. The van der Waals surface area contributed by atoms with Crippen molar-refractivity contribution in [3.8, 4) is 0 Å². The minimum Gasteiger partial charge on any atom is -0.390 e. The summed E-state index contributed by atoms with van der Waals surface area (Å²) in [5, 5.41) is 15.8. The molecule has 2 N–H and O–H groups in total. The molecule has 26 heavy (non-hydrogen) atoms. The fraction of sp³-hybridized carbons (Fsp3) is 0.688. The molecule has 0 spiro atoms. The molecule has 0 aromatic carbocycles. The number of carbonyl (C=O) groups excluding carboxylic acids is 2. The maximum Gasteiger partial charge on any atom is 0.434 e. The molecule has 1 heterocycles. The molecule has 10 nitrogen and oxygen atoms in total. The highest BCUT2D eigenvalue weighted by Crippen LogP contribution is 2.12. The van der Waals surface area contributed by atoms with E-state index in [2.05, 4.69) is 15.7 Å². The van der Waals surface area contributed by atoms with Crippen molar-refractivity contribution in [2.24, 2.45) is 0 Å². The van der Waals surface area contributed by atoms with Gasteiger partial charge in [0, 0.05) is 20.1 Å². The number of nitrogens with zero attached hydrogens (tertiary/aromatic N) is 4. The van der Waals surface area contributed by atoms with Crippen molar-refractivity contribution in [3.63, 3.8) is 0 Å². The first kappa shape index (κ1) is 21.9. The summed E-state index contributed by atoms with van der Waals surface area (Å²) in [5.41, 5.74) is 1.57. The predicted molar refractivity (Wildman–Crippen MR) is 96.5 cm³/mol. The molecule has 1 rings (SSSR count). The van der Waals surface area contributed by atoms with E-state index in [1.807, 2.05) is 7.05 Å². The summed E-state index contributed by atoms with van der Waals surface area (Å²) < 4.78 is 1.22. The second-order valence-electron chi connectivity index (χ2n) is 7.30. The average molecular weight is 368 g/mol. The lowest BCUT2D eigenvalue weighted by Gasteiger charge is -2.31. The lowest BCUT2D eigenvalue weighted by molar-refractivity contribution is -0.396. The van der Waals surface area contributed by atoms with Crippen molar-refractivity contribution in [2.45, 2.75) is 52.2 Å². The van der Waals surface area contributed by atoms with E-state index >= 15 is 0 Å². The maximum absolute atomic E-state index is 12.5. The molecule has 0 bridgehead atoms. The van der Waals surface area contributed by atoms with E-state index < -0.39 is 16.0 Å². The molecule has 0 fully saturated rings. The third-order valence-electron chi connectivity index (χ3n) is 4.23. The number of carbonyl (C=O) groups is 2. The molecular formula is C16H28N6O4. The van der Waals surface area contributed by atoms with E-state index in [9.17, 15) is 19.7 Å². The SMILES string of the molecule is CC(=O)C(C)(C)NN(C)CCNC(C)(C)C(=O)Cn1ccnc1[N+](=O)[O-]. The van der Waals surface area contributed by atoms with Crippen molar-refractivity contribution in [2.75, 3.05) is 20.1 Å². The largest absolute Gasteiger partial charge is 0.434 e. The number of aromatic nitrogens is 2. The van der Waals surface area contributed by atoms with Gasteiger partial charge in [0.25, 0.3) is 0 Å². The minimum absolute atomic E-state index is 0.0229. The van der Waals surface area contributed by atoms with Gasteiger partial charge < -0.3 is 15.4 Å². The van der Waals surface area contributed by atoms with Crippen LogP contribution in [0.3, 0.4) is 0 Å². The Bertz CT molecular complexity index is 667. The number of likely N-dealkylation sites (N-methyl/N-ethyl adjacent to an activating group) is 1. The number of imidazole rings is 1. The van der Waals surface area contributed by atoms with Crippen molar-refractivity contribution in [1.29, 1.82) is 0 Å². The number of ketones is 2. The number of hydrogen-bond acceptors (Lipinski definition) is 8. The summed E-state index contributed by atoms with van der Waals surface area (Å²) in [7, 11) is 1.82. The molecule has 1 aromatic rings. The van der Waals surface area contributed by atoms with Crippen LogP contribution in [0.25, 0.3) is 0 Å². The van der Waals surface area contributed by atoms with Gasteiger partial charge in [-0.15, -0.1) is 0 Å². The number of nitrogens with one attached hydrogen (secondary N) is 2. The Balaban J connectivity index is 2.55. The number of hydrogen-bond donors (Lipinski definition) is 2. The molecule has 1 aromatic heterocycles. The molecular weight excluding hydrogens is 340 g/mol. The van der Waals surface area contributed by atoms with Crippen LogP contribution in [0, 0.1) is 10.1 Å². The van der Waals surface area contributed by atoms with E-state index in [0.717, 1.165) is 0 Å². The van der Waals surface area contributed by atoms with Crippen molar-refractivity contribution in [3.05, 3.63) is 22.5 Å². The molecule has 0 aliphatic carbocycles. The van der Waals surface area contributed by atoms with E-state index in [4.69, 9.17) is 0 Å². The van der Waals surface area contributed by atoms with Gasteiger partial charge in [-0.05, 0) is 39.5 Å². The number of nitro groups is 1. The normalized spacial score (nSPS) is 12.4. The average Bonchev–Trinajstić information content (AvgIpc) is 2.94. The fourth-order valence-electron chi connectivity index (χ4n) is 2.20. The molecule has 0 aliphatic heterocycles. The summed E-state index contributed by atoms with van der Waals surface area (Å²) in [4.78, 5) is 37.9. The molecule has 0 unspecified atom stereocenters. The van der Waals surface area contributed by atoms with Crippen LogP contribution in [0.2, 0.25) is 0 Å². The van der Waals surface area contributed by atoms with Gasteiger partial charge in [0.15, 0.2) is 11.6 Å². The molecule has 0 saturated carbocycles. The topological polar surface area (TPSA) is 122 Å². The Morgan fingerprint density at radius 2 is 1.92 bits per heavy atom. The van der Waals surface area contributed by atoms with Gasteiger partial charge in [-0.1, -0.05) is 4.98 Å². The van der Waals surface area contributed by atoms with Crippen LogP contribution >= 0.6 is 0 Å². The summed E-state index contributed by atoms with van der Waals surface area (Å²) in [6.07, 6.45) is 2.71. The molecule has 10 heteroatoms. The second-order valence-corrected chi connectivity index (χ2v) is 7.30. The second kappa shape index (κ2) is 8.47. The van der Waals surface area contributed by atoms with Crippen LogP contribution in [0.1, 0.15) is 34.6 Å². The summed E-state index contributed by atoms with van der Waals surface area (Å²) in [6.45, 7) is 9.48. The summed E-state index contributed by atoms with van der Waals surface area (Å²) >= 11 is 0. The van der Waals surface area contributed by atoms with Crippen LogP contribution in [0.4, 0.5) is 5.95 Å². The highest BCUT2D eigenvalue weighted by Gasteiger charge is 2.30. The Morgan fingerprint density at radius 1 is 1.31 bits per heavy atom. The highest BCUT2D eigenvalue weighted by molar-refractivity contribution is 5.87. The van der Waals surface area contributed by atoms with Gasteiger partial charge in [-0.25, -0.2) is 15.0 Å². The van der Waals surface area contributed by atoms with E-state index in [1.165, 1.54) is 23.9 Å². The molecule has 0 radical (unpaired) electrons. The maximum atomic E-state index is 12.5.